The van der Waals surface area contributed by atoms with E-state index >= 15 is 0 Å². The van der Waals surface area contributed by atoms with Gasteiger partial charge in [-0.3, -0.25) is 20.4 Å². The van der Waals surface area contributed by atoms with E-state index in [4.69, 9.17) is 0 Å². The molecule has 0 atom stereocenters. The molecule has 1 aliphatic rings. The number of para-hydroxylation sites is 1. The van der Waals surface area contributed by atoms with Gasteiger partial charge in [0.2, 0.25) is 5.91 Å². The highest BCUT2D eigenvalue weighted by Gasteiger charge is 2.17. The molecule has 0 saturated heterocycles. The van der Waals surface area contributed by atoms with E-state index in [1.165, 1.54) is 0 Å². The van der Waals surface area contributed by atoms with E-state index in [1.54, 1.807) is 6.08 Å². The van der Waals surface area contributed by atoms with Crippen molar-refractivity contribution in [3.8, 4) is 0 Å². The van der Waals surface area contributed by atoms with Gasteiger partial charge in [-0.1, -0.05) is 32.0 Å². The van der Waals surface area contributed by atoms with Crippen molar-refractivity contribution in [3.63, 3.8) is 0 Å². The van der Waals surface area contributed by atoms with E-state index in [-0.39, 0.29) is 18.2 Å². The molecular weight excluding hydrogens is 254 g/mol. The highest BCUT2D eigenvalue weighted by atomic mass is 16.2. The lowest BCUT2D eigenvalue weighted by Gasteiger charge is -2.18. The van der Waals surface area contributed by atoms with Gasteiger partial charge in [0.15, 0.2) is 0 Å². The van der Waals surface area contributed by atoms with Crippen molar-refractivity contribution in [3.05, 3.63) is 41.1 Å². The van der Waals surface area contributed by atoms with Crippen LogP contribution >= 0.6 is 0 Å². The second-order valence-electron chi connectivity index (χ2n) is 4.61. The second-order valence-corrected chi connectivity index (χ2v) is 4.61. The number of anilines is 1. The largest absolute Gasteiger partial charge is 0.320 e. The molecule has 0 aliphatic carbocycles. The smallest absolute Gasteiger partial charge is 0.273 e. The second kappa shape index (κ2) is 6.23. The molecule has 1 aromatic carbocycles. The van der Waals surface area contributed by atoms with Crippen molar-refractivity contribution in [2.75, 3.05) is 5.32 Å². The predicted molar refractivity (Wildman–Crippen MR) is 77.8 cm³/mol. The first kappa shape index (κ1) is 14.1. The quantitative estimate of drug-likeness (QED) is 0.781. The molecule has 2 rings (SSSR count). The summed E-state index contributed by atoms with van der Waals surface area (Å²) in [7, 11) is 0. The van der Waals surface area contributed by atoms with Crippen LogP contribution in [0, 0.1) is 0 Å². The third kappa shape index (κ3) is 2.99. The van der Waals surface area contributed by atoms with Crippen molar-refractivity contribution in [1.29, 1.82) is 0 Å². The maximum absolute atomic E-state index is 12.2. The predicted octanol–water partition coefficient (Wildman–Crippen LogP) is 1.66. The number of benzene rings is 1. The van der Waals surface area contributed by atoms with Gasteiger partial charge in [0.25, 0.3) is 5.91 Å². The highest BCUT2D eigenvalue weighted by Crippen LogP contribution is 2.23. The van der Waals surface area contributed by atoms with E-state index in [2.05, 4.69) is 30.0 Å². The van der Waals surface area contributed by atoms with Crippen molar-refractivity contribution in [2.24, 2.45) is 0 Å². The Labute approximate surface area is 118 Å². The van der Waals surface area contributed by atoms with E-state index in [0.717, 1.165) is 29.7 Å². The molecule has 0 unspecified atom stereocenters. The summed E-state index contributed by atoms with van der Waals surface area (Å²) in [6, 6.07) is 6.03. The van der Waals surface area contributed by atoms with Gasteiger partial charge in [-0.15, -0.1) is 0 Å². The average molecular weight is 273 g/mol. The summed E-state index contributed by atoms with van der Waals surface area (Å²) in [5.74, 6) is -0.384. The number of rotatable bonds is 4. The Kier molecular flexibility index (Phi) is 4.40. The first-order valence-corrected chi connectivity index (χ1v) is 6.82. The lowest BCUT2D eigenvalue weighted by atomic mass is 10.0. The van der Waals surface area contributed by atoms with Crippen LogP contribution < -0.4 is 16.2 Å². The van der Waals surface area contributed by atoms with Crippen molar-refractivity contribution in [2.45, 2.75) is 33.1 Å². The molecule has 5 nitrogen and oxygen atoms in total. The molecule has 3 N–H and O–H groups in total. The Hall–Kier alpha value is -2.30. The molecule has 106 valence electrons. The lowest BCUT2D eigenvalue weighted by Crippen LogP contribution is -2.43. The number of nitrogens with one attached hydrogen (secondary N) is 3. The number of hydrazine groups is 1. The van der Waals surface area contributed by atoms with Crippen LogP contribution in [0.25, 0.3) is 0 Å². The summed E-state index contributed by atoms with van der Waals surface area (Å²) in [5.41, 5.74) is 8.52. The Morgan fingerprint density at radius 2 is 1.85 bits per heavy atom. The van der Waals surface area contributed by atoms with Crippen molar-refractivity contribution < 1.29 is 9.59 Å². The summed E-state index contributed by atoms with van der Waals surface area (Å²) in [6.45, 7) is 4.12. The molecule has 20 heavy (non-hydrogen) atoms. The van der Waals surface area contributed by atoms with Crippen molar-refractivity contribution >= 4 is 17.5 Å². The summed E-state index contributed by atoms with van der Waals surface area (Å²) in [4.78, 5) is 23.3. The van der Waals surface area contributed by atoms with Gasteiger partial charge < -0.3 is 5.32 Å². The monoisotopic (exact) mass is 273 g/mol. The fourth-order valence-electron chi connectivity index (χ4n) is 2.17. The molecule has 0 fully saturated rings. The van der Waals surface area contributed by atoms with Crippen LogP contribution in [0.4, 0.5) is 5.69 Å². The molecule has 0 spiro atoms. The lowest BCUT2D eigenvalue weighted by molar-refractivity contribution is -0.121. The Morgan fingerprint density at radius 3 is 2.35 bits per heavy atom. The topological polar surface area (TPSA) is 70.2 Å². The Balaban J connectivity index is 2.21. The minimum atomic E-state index is -0.236. The van der Waals surface area contributed by atoms with Gasteiger partial charge >= 0.3 is 0 Å². The van der Waals surface area contributed by atoms with Crippen LogP contribution in [-0.2, 0) is 22.4 Å². The molecule has 0 aromatic heterocycles. The van der Waals surface area contributed by atoms with Crippen LogP contribution in [0.2, 0.25) is 0 Å². The van der Waals surface area contributed by atoms with Gasteiger partial charge in [-0.05, 0) is 30.0 Å². The first-order valence-electron chi connectivity index (χ1n) is 6.82. The zero-order valence-corrected chi connectivity index (χ0v) is 11.7. The van der Waals surface area contributed by atoms with Gasteiger partial charge in [0.05, 0.1) is 0 Å². The third-order valence-corrected chi connectivity index (χ3v) is 3.31. The van der Waals surface area contributed by atoms with Crippen LogP contribution in [0.5, 0.6) is 0 Å². The summed E-state index contributed by atoms with van der Waals surface area (Å²) in [6.07, 6.45) is 3.51. The van der Waals surface area contributed by atoms with Gasteiger partial charge in [0.1, 0.15) is 5.70 Å². The number of carbonyl (C=O) groups is 2. The van der Waals surface area contributed by atoms with E-state index in [0.29, 0.717) is 5.70 Å². The van der Waals surface area contributed by atoms with Crippen LogP contribution in [0.15, 0.2) is 30.0 Å². The number of hydrogen-bond acceptors (Lipinski definition) is 3. The molecule has 0 saturated carbocycles. The molecule has 1 aromatic rings. The average Bonchev–Trinajstić information content (AvgIpc) is 2.48. The minimum absolute atomic E-state index is 0.148. The maximum Gasteiger partial charge on any atom is 0.273 e. The molecule has 5 heteroatoms. The number of hydrogen-bond donors (Lipinski definition) is 3. The molecule has 1 aliphatic heterocycles. The minimum Gasteiger partial charge on any atom is -0.320 e. The number of carbonyl (C=O) groups excluding carboxylic acids is 2. The van der Waals surface area contributed by atoms with Gasteiger partial charge in [-0.25, -0.2) is 0 Å². The SMILES string of the molecule is CCc1cccc(CC)c1NC(=O)C1=CCC(=O)NN1. The number of amides is 2. The van der Waals surface area contributed by atoms with Crippen LogP contribution in [0.1, 0.15) is 31.4 Å². The van der Waals surface area contributed by atoms with E-state index in [1.807, 2.05) is 18.2 Å². The Morgan fingerprint density at radius 1 is 1.20 bits per heavy atom. The molecule has 0 bridgehead atoms. The fraction of sp³-hybridized carbons (Fsp3) is 0.333. The van der Waals surface area contributed by atoms with Crippen molar-refractivity contribution in [1.82, 2.24) is 10.9 Å². The normalized spacial score (nSPS) is 14.1. The van der Waals surface area contributed by atoms with Crippen LogP contribution in [0.3, 0.4) is 0 Å². The van der Waals surface area contributed by atoms with E-state index in [9.17, 15) is 9.59 Å². The highest BCUT2D eigenvalue weighted by molar-refractivity contribution is 6.05. The summed E-state index contributed by atoms with van der Waals surface area (Å²) in [5, 5.41) is 2.94. The van der Waals surface area contributed by atoms with Gasteiger partial charge in [-0.2, -0.15) is 0 Å². The fourth-order valence-corrected chi connectivity index (χ4v) is 2.17. The third-order valence-electron chi connectivity index (χ3n) is 3.31. The standard InChI is InChI=1S/C15H19N3O2/c1-3-10-6-5-7-11(4-2)14(10)16-15(20)12-8-9-13(19)18-17-12/h5-8,17H,3-4,9H2,1-2H3,(H,16,20)(H,18,19). The first-order chi connectivity index (χ1) is 9.65. The zero-order valence-electron chi connectivity index (χ0n) is 11.7. The van der Waals surface area contributed by atoms with E-state index < -0.39 is 0 Å². The maximum atomic E-state index is 12.2. The molecular formula is C15H19N3O2. The molecule has 2 amide bonds. The summed E-state index contributed by atoms with van der Waals surface area (Å²) < 4.78 is 0. The zero-order chi connectivity index (χ0) is 14.5. The van der Waals surface area contributed by atoms with Gasteiger partial charge in [0, 0.05) is 12.1 Å². The van der Waals surface area contributed by atoms with Crippen LogP contribution in [-0.4, -0.2) is 11.8 Å². The molecule has 1 heterocycles. The number of aryl methyl sites for hydroxylation is 2. The molecule has 0 radical (unpaired) electrons. The Bertz CT molecular complexity index is 542. The summed E-state index contributed by atoms with van der Waals surface area (Å²) >= 11 is 0.